The molecule has 2 atom stereocenters. The van der Waals surface area contributed by atoms with Gasteiger partial charge in [-0.2, -0.15) is 0 Å². The Balaban J connectivity index is 1.23. The van der Waals surface area contributed by atoms with Crippen molar-refractivity contribution in [1.82, 2.24) is 10.3 Å². The number of likely N-dealkylation sites (tertiary alicyclic amines) is 1. The van der Waals surface area contributed by atoms with Crippen LogP contribution < -0.4 is 11.3 Å². The van der Waals surface area contributed by atoms with E-state index in [2.05, 4.69) is 78.5 Å². The smallest absolute Gasteiger partial charge is 0.0540 e. The summed E-state index contributed by atoms with van der Waals surface area (Å²) >= 11 is 0. The fraction of sp³-hybridized carbons (Fsp3) is 0.387. The molecule has 2 aliphatic heterocycles. The molecule has 4 heteroatoms. The molecule has 2 heterocycles. The molecule has 182 valence electrons. The molecule has 1 aromatic rings. The highest BCUT2D eigenvalue weighted by Crippen LogP contribution is 2.46. The molecule has 1 aromatic carbocycles. The van der Waals surface area contributed by atoms with Crippen molar-refractivity contribution in [2.24, 2.45) is 16.8 Å². The lowest BCUT2D eigenvalue weighted by atomic mass is 9.76. The largest absolute Gasteiger partial charge is 0.331 e. The van der Waals surface area contributed by atoms with E-state index in [4.69, 9.17) is 10.8 Å². The Bertz CT molecular complexity index is 1160. The Kier molecular flexibility index (Phi) is 7.03. The van der Waals surface area contributed by atoms with E-state index in [1.165, 1.54) is 61.2 Å². The summed E-state index contributed by atoms with van der Waals surface area (Å²) in [4.78, 5) is 7.79. The van der Waals surface area contributed by atoms with Crippen LogP contribution in [-0.2, 0) is 11.8 Å². The molecule has 2 unspecified atom stereocenters. The van der Waals surface area contributed by atoms with Crippen molar-refractivity contribution in [3.05, 3.63) is 107 Å². The molecular formula is C31H38N4. The first-order valence-corrected chi connectivity index (χ1v) is 13.0. The molecule has 1 fully saturated rings. The van der Waals surface area contributed by atoms with Gasteiger partial charge in [-0.25, -0.2) is 0 Å². The quantitative estimate of drug-likeness (QED) is 0.322. The highest BCUT2D eigenvalue weighted by atomic mass is 15.2. The van der Waals surface area contributed by atoms with E-state index in [1.807, 2.05) is 6.08 Å². The van der Waals surface area contributed by atoms with Crippen LogP contribution in [0.3, 0.4) is 0 Å². The van der Waals surface area contributed by atoms with Crippen molar-refractivity contribution in [3.8, 4) is 0 Å². The molecule has 4 nitrogen and oxygen atoms in total. The standard InChI is InChI=1S/C31H38N4/c1-23(14-18-33-32)25-8-5-9-27(12-11-25)29-21-24(2)30(34-29)22-35-19-6-15-31(17-20-35)16-13-26-7-3-4-10-28(26)31/h3-5,7-12,14,18,25,33H,1,6,13,15-17,19-22,32H2,2H3/b18-14-. The zero-order valence-electron chi connectivity index (χ0n) is 21.0. The zero-order valence-corrected chi connectivity index (χ0v) is 21.0. The molecule has 3 N–H and O–H groups in total. The van der Waals surface area contributed by atoms with Gasteiger partial charge in [0.15, 0.2) is 0 Å². The lowest BCUT2D eigenvalue weighted by molar-refractivity contribution is 0.293. The fourth-order valence-corrected chi connectivity index (χ4v) is 6.20. The molecule has 0 amide bonds. The number of hydrogen-bond donors (Lipinski definition) is 2. The van der Waals surface area contributed by atoms with Gasteiger partial charge in [0.05, 0.1) is 11.4 Å². The Morgan fingerprint density at radius 2 is 2.11 bits per heavy atom. The maximum absolute atomic E-state index is 5.34. The third kappa shape index (κ3) is 5.05. The normalized spacial score (nSPS) is 26.6. The second-order valence-electron chi connectivity index (χ2n) is 10.5. The lowest BCUT2D eigenvalue weighted by Gasteiger charge is -2.29. The Morgan fingerprint density at radius 3 is 3.00 bits per heavy atom. The van der Waals surface area contributed by atoms with Crippen LogP contribution in [0.4, 0.5) is 0 Å². The molecule has 0 saturated carbocycles. The minimum atomic E-state index is 0.161. The lowest BCUT2D eigenvalue weighted by Crippen LogP contribution is -2.29. The maximum Gasteiger partial charge on any atom is 0.0540 e. The van der Waals surface area contributed by atoms with E-state index < -0.39 is 0 Å². The third-order valence-corrected chi connectivity index (χ3v) is 8.30. The number of fused-ring (bicyclic) bond motifs is 2. The maximum atomic E-state index is 5.34. The van der Waals surface area contributed by atoms with Crippen molar-refractivity contribution < 1.29 is 0 Å². The van der Waals surface area contributed by atoms with Crippen LogP contribution >= 0.6 is 0 Å². The molecule has 35 heavy (non-hydrogen) atoms. The van der Waals surface area contributed by atoms with E-state index in [1.54, 1.807) is 17.3 Å². The summed E-state index contributed by atoms with van der Waals surface area (Å²) in [5, 5.41) is 0. The molecule has 1 saturated heterocycles. The summed E-state index contributed by atoms with van der Waals surface area (Å²) in [6.45, 7) is 9.72. The molecule has 1 spiro atoms. The van der Waals surface area contributed by atoms with Gasteiger partial charge in [-0.05, 0) is 91.5 Å². The molecule has 0 bridgehead atoms. The van der Waals surface area contributed by atoms with Crippen molar-refractivity contribution in [3.63, 3.8) is 0 Å². The number of allylic oxidation sites excluding steroid dienone is 9. The highest BCUT2D eigenvalue weighted by molar-refractivity contribution is 6.06. The van der Waals surface area contributed by atoms with Crippen molar-refractivity contribution in [1.29, 1.82) is 0 Å². The van der Waals surface area contributed by atoms with Crippen LogP contribution in [0, 0.1) is 5.92 Å². The number of hydrogen-bond acceptors (Lipinski definition) is 4. The van der Waals surface area contributed by atoms with Gasteiger partial charge in [-0.3, -0.25) is 15.7 Å². The number of rotatable bonds is 6. The average Bonchev–Trinajstić information content (AvgIpc) is 3.20. The monoisotopic (exact) mass is 466 g/mol. The van der Waals surface area contributed by atoms with Crippen LogP contribution in [0.2, 0.25) is 0 Å². The first-order valence-electron chi connectivity index (χ1n) is 13.0. The van der Waals surface area contributed by atoms with Crippen LogP contribution in [0.25, 0.3) is 0 Å². The molecule has 2 aliphatic carbocycles. The predicted octanol–water partition coefficient (Wildman–Crippen LogP) is 5.68. The SMILES string of the molecule is C=C(/C=C\NN)C1C=CC=C(C2=NC(CN3CCCC4(CCc5ccccc54)CC3)=C(C)C2)C=C1. The van der Waals surface area contributed by atoms with Gasteiger partial charge in [-0.15, -0.1) is 0 Å². The second kappa shape index (κ2) is 10.3. The van der Waals surface area contributed by atoms with Crippen LogP contribution in [0.15, 0.2) is 101 Å². The average molecular weight is 467 g/mol. The number of aliphatic imine (C=N–C) groups is 1. The zero-order chi connectivity index (χ0) is 24.3. The summed E-state index contributed by atoms with van der Waals surface area (Å²) in [6.07, 6.45) is 21.9. The Hall–Kier alpha value is -2.95. The number of nitrogens with two attached hydrogens (primary N) is 1. The molecule has 5 rings (SSSR count). The van der Waals surface area contributed by atoms with Gasteiger partial charge in [-0.1, -0.05) is 61.2 Å². The van der Waals surface area contributed by atoms with Gasteiger partial charge in [0.1, 0.15) is 0 Å². The number of aryl methyl sites for hydroxylation is 1. The van der Waals surface area contributed by atoms with Gasteiger partial charge < -0.3 is 5.43 Å². The van der Waals surface area contributed by atoms with Crippen molar-refractivity contribution in [2.45, 2.75) is 50.9 Å². The summed E-state index contributed by atoms with van der Waals surface area (Å²) in [6, 6.07) is 9.17. The Morgan fingerprint density at radius 1 is 1.23 bits per heavy atom. The highest BCUT2D eigenvalue weighted by Gasteiger charge is 2.39. The minimum Gasteiger partial charge on any atom is -0.331 e. The van der Waals surface area contributed by atoms with Gasteiger partial charge in [0, 0.05) is 25.1 Å². The van der Waals surface area contributed by atoms with Crippen LogP contribution in [0.5, 0.6) is 0 Å². The summed E-state index contributed by atoms with van der Waals surface area (Å²) in [5.74, 6) is 5.51. The van der Waals surface area contributed by atoms with Gasteiger partial charge in [0.25, 0.3) is 0 Å². The van der Waals surface area contributed by atoms with E-state index in [0.717, 1.165) is 25.1 Å². The number of benzene rings is 1. The summed E-state index contributed by atoms with van der Waals surface area (Å²) in [7, 11) is 0. The second-order valence-corrected chi connectivity index (χ2v) is 10.5. The van der Waals surface area contributed by atoms with Crippen molar-refractivity contribution >= 4 is 5.71 Å². The van der Waals surface area contributed by atoms with Crippen LogP contribution in [-0.4, -0.2) is 30.2 Å². The molecule has 0 aromatic heterocycles. The number of hydrazine groups is 1. The number of nitrogens with one attached hydrogen (secondary N) is 1. The summed E-state index contributed by atoms with van der Waals surface area (Å²) < 4.78 is 0. The Labute approximate surface area is 210 Å². The van der Waals surface area contributed by atoms with Gasteiger partial charge >= 0.3 is 0 Å². The minimum absolute atomic E-state index is 0.161. The van der Waals surface area contributed by atoms with E-state index in [9.17, 15) is 0 Å². The van der Waals surface area contributed by atoms with Crippen LogP contribution in [0.1, 0.15) is 50.2 Å². The molecule has 0 radical (unpaired) electrons. The summed E-state index contributed by atoms with van der Waals surface area (Å²) in [5.41, 5.74) is 12.2. The first kappa shape index (κ1) is 23.8. The van der Waals surface area contributed by atoms with Gasteiger partial charge in [0.2, 0.25) is 0 Å². The van der Waals surface area contributed by atoms with E-state index >= 15 is 0 Å². The molecule has 4 aliphatic rings. The predicted molar refractivity (Wildman–Crippen MR) is 147 cm³/mol. The third-order valence-electron chi connectivity index (χ3n) is 8.30. The number of nitrogens with zero attached hydrogens (tertiary/aromatic N) is 2. The van der Waals surface area contributed by atoms with E-state index in [-0.39, 0.29) is 5.92 Å². The molecular weight excluding hydrogens is 428 g/mol. The van der Waals surface area contributed by atoms with E-state index in [0.29, 0.717) is 5.41 Å². The topological polar surface area (TPSA) is 53.6 Å². The first-order chi connectivity index (χ1) is 17.1. The fourth-order valence-electron chi connectivity index (χ4n) is 6.20. The van der Waals surface area contributed by atoms with Crippen molar-refractivity contribution in [2.75, 3.05) is 19.6 Å².